The Morgan fingerprint density at radius 2 is 1.62 bits per heavy atom. The van der Waals surface area contributed by atoms with Gasteiger partial charge in [0.1, 0.15) is 5.41 Å². The number of rotatable bonds is 3. The average Bonchev–Trinajstić information content (AvgIpc) is 2.43. The van der Waals surface area contributed by atoms with Gasteiger partial charge in [-0.1, -0.05) is 18.6 Å². The Labute approximate surface area is 148 Å². The van der Waals surface area contributed by atoms with Gasteiger partial charge >= 0.3 is 12.4 Å². The van der Waals surface area contributed by atoms with Gasteiger partial charge in [0.2, 0.25) is 0 Å². The molecule has 0 heterocycles. The monoisotopic (exact) mass is 381 g/mol. The molecule has 0 aromatic rings. The summed E-state index contributed by atoms with van der Waals surface area (Å²) in [6.07, 6.45) is -8.77. The van der Waals surface area contributed by atoms with Gasteiger partial charge in [0.15, 0.2) is 5.78 Å². The van der Waals surface area contributed by atoms with Gasteiger partial charge < -0.3 is 5.73 Å². The van der Waals surface area contributed by atoms with Gasteiger partial charge in [-0.25, -0.2) is 0 Å². The molecule has 26 heavy (non-hydrogen) atoms. The first-order chi connectivity index (χ1) is 11.6. The van der Waals surface area contributed by atoms with E-state index in [9.17, 15) is 31.1 Å². The summed E-state index contributed by atoms with van der Waals surface area (Å²) in [5.74, 6) is -0.710. The SMILES string of the molecule is CC/C(C)=C1\C(C(F)(F)F)=CC(C(C(C)=O)=C(C)N)=CC1(C)C(F)(F)F. The summed E-state index contributed by atoms with van der Waals surface area (Å²) in [6, 6.07) is 0. The van der Waals surface area contributed by atoms with Crippen molar-refractivity contribution < 1.29 is 31.1 Å². The molecule has 0 saturated heterocycles. The molecule has 0 aromatic heterocycles. The quantitative estimate of drug-likeness (QED) is 0.516. The predicted octanol–water partition coefficient (Wildman–Crippen LogP) is 5.53. The van der Waals surface area contributed by atoms with E-state index in [1.807, 2.05) is 0 Å². The molecule has 146 valence electrons. The van der Waals surface area contributed by atoms with E-state index in [0.717, 1.165) is 6.92 Å². The van der Waals surface area contributed by atoms with E-state index in [2.05, 4.69) is 0 Å². The number of Topliss-reactive ketones (excluding diaryl/α,β-unsaturated/α-hetero) is 1. The normalized spacial score (nSPS) is 24.6. The van der Waals surface area contributed by atoms with Gasteiger partial charge in [0.25, 0.3) is 0 Å². The topological polar surface area (TPSA) is 43.1 Å². The van der Waals surface area contributed by atoms with E-state index in [1.165, 1.54) is 20.8 Å². The zero-order valence-electron chi connectivity index (χ0n) is 15.1. The van der Waals surface area contributed by atoms with Crippen LogP contribution in [0.3, 0.4) is 0 Å². The van der Waals surface area contributed by atoms with E-state index in [1.54, 1.807) is 0 Å². The summed E-state index contributed by atoms with van der Waals surface area (Å²) in [5, 5.41) is 0. The van der Waals surface area contributed by atoms with Gasteiger partial charge in [-0.15, -0.1) is 0 Å². The highest BCUT2D eigenvalue weighted by Crippen LogP contribution is 2.55. The van der Waals surface area contributed by atoms with Crippen LogP contribution in [0.15, 0.2) is 45.7 Å². The van der Waals surface area contributed by atoms with Crippen LogP contribution >= 0.6 is 0 Å². The molecule has 1 aliphatic rings. The van der Waals surface area contributed by atoms with Crippen LogP contribution in [-0.4, -0.2) is 18.1 Å². The number of ketones is 1. The molecule has 0 spiro atoms. The van der Waals surface area contributed by atoms with Crippen LogP contribution in [-0.2, 0) is 4.79 Å². The molecule has 0 radical (unpaired) electrons. The maximum atomic E-state index is 13.9. The van der Waals surface area contributed by atoms with Crippen LogP contribution in [0.25, 0.3) is 0 Å². The Morgan fingerprint density at radius 1 is 1.12 bits per heavy atom. The highest BCUT2D eigenvalue weighted by atomic mass is 19.4. The van der Waals surface area contributed by atoms with Crippen LogP contribution in [0.5, 0.6) is 0 Å². The molecule has 8 heteroatoms. The molecule has 2 N–H and O–H groups in total. The maximum Gasteiger partial charge on any atom is 0.416 e. The maximum absolute atomic E-state index is 13.9. The van der Waals surface area contributed by atoms with Crippen LogP contribution in [0.1, 0.15) is 41.0 Å². The third kappa shape index (κ3) is 3.88. The summed E-state index contributed by atoms with van der Waals surface area (Å²) in [6.45, 7) is 5.71. The van der Waals surface area contributed by atoms with E-state index < -0.39 is 40.3 Å². The molecule has 0 aromatic carbocycles. The van der Waals surface area contributed by atoms with Crippen molar-refractivity contribution >= 4 is 5.78 Å². The van der Waals surface area contributed by atoms with Crippen molar-refractivity contribution in [2.24, 2.45) is 11.1 Å². The van der Waals surface area contributed by atoms with Crippen molar-refractivity contribution in [2.45, 2.75) is 53.4 Å². The number of hydrogen-bond acceptors (Lipinski definition) is 2. The molecular weight excluding hydrogens is 360 g/mol. The molecule has 1 atom stereocenters. The van der Waals surface area contributed by atoms with Crippen LogP contribution in [0.4, 0.5) is 26.3 Å². The van der Waals surface area contributed by atoms with Crippen LogP contribution < -0.4 is 5.73 Å². The van der Waals surface area contributed by atoms with Crippen LogP contribution in [0, 0.1) is 5.41 Å². The number of carbonyl (C=O) groups excluding carboxylic acids is 1. The van der Waals surface area contributed by atoms with Gasteiger partial charge in [-0.2, -0.15) is 26.3 Å². The zero-order chi connectivity index (χ0) is 20.7. The summed E-state index contributed by atoms with van der Waals surface area (Å²) in [5.41, 5.74) is -0.590. The highest BCUT2D eigenvalue weighted by molar-refractivity contribution is 5.99. The average molecular weight is 381 g/mol. The number of nitrogens with two attached hydrogens (primary N) is 1. The molecule has 0 amide bonds. The first kappa shape index (κ1) is 22.1. The van der Waals surface area contributed by atoms with E-state index in [-0.39, 0.29) is 23.3 Å². The number of allylic oxidation sites excluding steroid dienone is 8. The minimum absolute atomic E-state index is 0.0168. The third-order valence-electron chi connectivity index (χ3n) is 4.42. The Bertz CT molecular complexity index is 730. The zero-order valence-corrected chi connectivity index (χ0v) is 15.1. The fourth-order valence-electron chi connectivity index (χ4n) is 3.08. The van der Waals surface area contributed by atoms with E-state index >= 15 is 0 Å². The molecule has 0 fully saturated rings. The number of hydrogen-bond donors (Lipinski definition) is 1. The molecule has 1 rings (SSSR count). The lowest BCUT2D eigenvalue weighted by atomic mass is 9.69. The molecule has 1 unspecified atom stereocenters. The fraction of sp³-hybridized carbons (Fsp3) is 0.500. The highest BCUT2D eigenvalue weighted by Gasteiger charge is 2.58. The van der Waals surface area contributed by atoms with Crippen molar-refractivity contribution in [3.63, 3.8) is 0 Å². The molecule has 1 aliphatic carbocycles. The molecular formula is C18H21F6NO. The largest absolute Gasteiger partial charge is 0.416 e. The standard InChI is InChI=1S/C18H21F6NO/c1-6-9(2)15-13(17(19,20)21)7-12(14(10(3)25)11(4)26)8-16(15,5)18(22,23)24/h7-8H,6,25H2,1-5H3/b14-10?,15-9+. The lowest BCUT2D eigenvalue weighted by molar-refractivity contribution is -0.189. The van der Waals surface area contributed by atoms with Gasteiger partial charge in [0.05, 0.1) is 5.57 Å². The Hall–Kier alpha value is -1.99. The summed E-state index contributed by atoms with van der Waals surface area (Å²) < 4.78 is 82.5. The first-order valence-electron chi connectivity index (χ1n) is 7.84. The molecule has 0 bridgehead atoms. The second kappa shape index (κ2) is 6.96. The van der Waals surface area contributed by atoms with Gasteiger partial charge in [-0.3, -0.25) is 4.79 Å². The minimum atomic E-state index is -5.03. The second-order valence-electron chi connectivity index (χ2n) is 6.48. The van der Waals surface area contributed by atoms with E-state index in [4.69, 9.17) is 5.73 Å². The van der Waals surface area contributed by atoms with Crippen molar-refractivity contribution in [1.29, 1.82) is 0 Å². The summed E-state index contributed by atoms with van der Waals surface area (Å²) in [7, 11) is 0. The van der Waals surface area contributed by atoms with Gasteiger partial charge in [-0.05, 0) is 51.3 Å². The molecule has 2 nitrogen and oxygen atoms in total. The Balaban J connectivity index is 4.03. The minimum Gasteiger partial charge on any atom is -0.402 e. The third-order valence-corrected chi connectivity index (χ3v) is 4.42. The number of carbonyl (C=O) groups is 1. The van der Waals surface area contributed by atoms with Crippen molar-refractivity contribution in [1.82, 2.24) is 0 Å². The predicted molar refractivity (Wildman–Crippen MR) is 86.9 cm³/mol. The fourth-order valence-corrected chi connectivity index (χ4v) is 3.08. The van der Waals surface area contributed by atoms with Crippen molar-refractivity contribution in [3.05, 3.63) is 45.7 Å². The first-order valence-corrected chi connectivity index (χ1v) is 7.84. The summed E-state index contributed by atoms with van der Waals surface area (Å²) >= 11 is 0. The number of alkyl halides is 6. The van der Waals surface area contributed by atoms with E-state index in [0.29, 0.717) is 19.1 Å². The number of halogens is 6. The Kier molecular flexibility index (Phi) is 5.91. The summed E-state index contributed by atoms with van der Waals surface area (Å²) in [4.78, 5) is 11.8. The lowest BCUT2D eigenvalue weighted by Crippen LogP contribution is -2.41. The molecule has 0 aliphatic heterocycles. The van der Waals surface area contributed by atoms with Gasteiger partial charge in [0, 0.05) is 11.3 Å². The smallest absolute Gasteiger partial charge is 0.402 e. The van der Waals surface area contributed by atoms with Crippen molar-refractivity contribution in [3.8, 4) is 0 Å². The second-order valence-corrected chi connectivity index (χ2v) is 6.48. The molecule has 0 saturated carbocycles. The lowest BCUT2D eigenvalue weighted by Gasteiger charge is -2.38. The van der Waals surface area contributed by atoms with Crippen LogP contribution in [0.2, 0.25) is 0 Å². The van der Waals surface area contributed by atoms with Crippen molar-refractivity contribution in [2.75, 3.05) is 0 Å². The Morgan fingerprint density at radius 3 is 1.92 bits per heavy atom.